The average molecular weight is 456 g/mol. The van der Waals surface area contributed by atoms with Crippen LogP contribution < -0.4 is 10.1 Å². The number of rotatable bonds is 2. The minimum Gasteiger partial charge on any atom is -0.493 e. The number of likely N-dealkylation sites (tertiary alicyclic amines) is 2. The summed E-state index contributed by atoms with van der Waals surface area (Å²) in [5, 5.41) is 3.21. The Morgan fingerprint density at radius 1 is 1.06 bits per heavy atom. The first kappa shape index (κ1) is 24.1. The highest BCUT2D eigenvalue weighted by Crippen LogP contribution is 2.37. The van der Waals surface area contributed by atoms with E-state index in [0.717, 1.165) is 77.5 Å². The predicted molar refractivity (Wildman–Crippen MR) is 130 cm³/mol. The van der Waals surface area contributed by atoms with Gasteiger partial charge in [-0.05, 0) is 77.6 Å². The van der Waals surface area contributed by atoms with Crippen molar-refractivity contribution in [2.45, 2.75) is 71.3 Å². The predicted octanol–water partition coefficient (Wildman–Crippen LogP) is 4.10. The number of piperidine rings is 2. The molecule has 33 heavy (non-hydrogen) atoms. The summed E-state index contributed by atoms with van der Waals surface area (Å²) in [6.07, 6.45) is 8.28. The first-order chi connectivity index (χ1) is 16.0. The van der Waals surface area contributed by atoms with Gasteiger partial charge in [0, 0.05) is 37.0 Å². The Labute approximate surface area is 199 Å². The molecule has 0 saturated carbocycles. The Bertz CT molecular complexity index is 819. The fourth-order valence-electron chi connectivity index (χ4n) is 5.86. The number of benzene rings is 1. The van der Waals surface area contributed by atoms with Crippen molar-refractivity contribution >= 4 is 11.8 Å². The molecule has 2 amide bonds. The summed E-state index contributed by atoms with van der Waals surface area (Å²) >= 11 is 0. The summed E-state index contributed by atoms with van der Waals surface area (Å²) in [4.78, 5) is 31.1. The van der Waals surface area contributed by atoms with Crippen molar-refractivity contribution in [3.8, 4) is 5.75 Å². The lowest BCUT2D eigenvalue weighted by Crippen LogP contribution is -2.53. The summed E-state index contributed by atoms with van der Waals surface area (Å²) in [6.45, 7) is 9.39. The molecular formula is C27H41N3O3. The number of amides is 2. The molecular weight excluding hydrogens is 414 g/mol. The Kier molecular flexibility index (Phi) is 7.94. The molecule has 1 atom stereocenters. The van der Waals surface area contributed by atoms with E-state index >= 15 is 0 Å². The van der Waals surface area contributed by atoms with Gasteiger partial charge >= 0.3 is 0 Å². The van der Waals surface area contributed by atoms with Crippen LogP contribution in [-0.4, -0.2) is 67.0 Å². The second-order valence-corrected chi connectivity index (χ2v) is 10.6. The molecule has 6 heteroatoms. The van der Waals surface area contributed by atoms with Crippen LogP contribution >= 0.6 is 0 Å². The van der Waals surface area contributed by atoms with Crippen LogP contribution in [-0.2, 0) is 4.79 Å². The van der Waals surface area contributed by atoms with E-state index in [1.807, 2.05) is 24.3 Å². The van der Waals surface area contributed by atoms with E-state index in [9.17, 15) is 9.59 Å². The molecule has 1 N–H and O–H groups in total. The van der Waals surface area contributed by atoms with Gasteiger partial charge in [-0.3, -0.25) is 9.59 Å². The van der Waals surface area contributed by atoms with Crippen molar-refractivity contribution in [1.29, 1.82) is 0 Å². The second kappa shape index (κ2) is 10.9. The number of nitrogens with one attached hydrogen (secondary N) is 1. The topological polar surface area (TPSA) is 61.9 Å². The maximum atomic E-state index is 13.5. The third kappa shape index (κ3) is 5.89. The van der Waals surface area contributed by atoms with E-state index < -0.39 is 0 Å². The summed E-state index contributed by atoms with van der Waals surface area (Å²) in [6, 6.07) is 8.06. The number of carbonyl (C=O) groups excluding carboxylic acids is 2. The summed E-state index contributed by atoms with van der Waals surface area (Å²) in [5.41, 5.74) is 0.575. The van der Waals surface area contributed by atoms with Crippen molar-refractivity contribution in [1.82, 2.24) is 15.1 Å². The number of para-hydroxylation sites is 1. The van der Waals surface area contributed by atoms with E-state index in [4.69, 9.17) is 4.74 Å². The third-order valence-corrected chi connectivity index (χ3v) is 7.95. The Morgan fingerprint density at radius 3 is 2.61 bits per heavy atom. The number of carbonyl (C=O) groups is 2. The maximum absolute atomic E-state index is 13.5. The van der Waals surface area contributed by atoms with E-state index in [2.05, 4.69) is 29.0 Å². The second-order valence-electron chi connectivity index (χ2n) is 10.6. The molecule has 3 heterocycles. The first-order valence-corrected chi connectivity index (χ1v) is 13.0. The number of ether oxygens (including phenoxy) is 1. The fraction of sp³-hybridized carbons (Fsp3) is 0.704. The molecule has 1 spiro atoms. The van der Waals surface area contributed by atoms with Crippen LogP contribution in [0.2, 0.25) is 0 Å². The summed E-state index contributed by atoms with van der Waals surface area (Å²) in [7, 11) is 0. The van der Waals surface area contributed by atoms with Gasteiger partial charge < -0.3 is 19.9 Å². The van der Waals surface area contributed by atoms with Crippen molar-refractivity contribution < 1.29 is 14.3 Å². The molecule has 2 saturated heterocycles. The average Bonchev–Trinajstić information content (AvgIpc) is 2.84. The molecule has 0 bridgehead atoms. The molecule has 3 aliphatic heterocycles. The zero-order valence-electron chi connectivity index (χ0n) is 20.5. The molecule has 1 aromatic rings. The van der Waals surface area contributed by atoms with Crippen LogP contribution in [0.4, 0.5) is 0 Å². The molecule has 4 rings (SSSR count). The molecule has 0 aliphatic carbocycles. The van der Waals surface area contributed by atoms with Crippen molar-refractivity contribution in [2.75, 3.05) is 39.3 Å². The van der Waals surface area contributed by atoms with Gasteiger partial charge in [0.15, 0.2) is 0 Å². The van der Waals surface area contributed by atoms with Gasteiger partial charge in [0.1, 0.15) is 5.75 Å². The molecule has 6 nitrogen and oxygen atoms in total. The Balaban J connectivity index is 1.44. The van der Waals surface area contributed by atoms with Crippen molar-refractivity contribution in [2.24, 2.45) is 11.3 Å². The normalized spacial score (nSPS) is 26.2. The van der Waals surface area contributed by atoms with Gasteiger partial charge in [0.2, 0.25) is 5.91 Å². The zero-order chi connectivity index (χ0) is 23.3. The van der Waals surface area contributed by atoms with Crippen LogP contribution in [0.1, 0.15) is 75.6 Å². The highest BCUT2D eigenvalue weighted by atomic mass is 16.5. The van der Waals surface area contributed by atoms with Crippen LogP contribution in [0.25, 0.3) is 0 Å². The summed E-state index contributed by atoms with van der Waals surface area (Å²) < 4.78 is 5.89. The SMILES string of the molecule is CC(C)N1CCC(C(=O)N2CCCC3(CCCCCOc4ccccc4C(=O)NC3)C2)CC1. The maximum Gasteiger partial charge on any atom is 0.255 e. The number of fused-ring (bicyclic) bond motifs is 1. The first-order valence-electron chi connectivity index (χ1n) is 13.0. The van der Waals surface area contributed by atoms with E-state index in [-0.39, 0.29) is 17.2 Å². The minimum atomic E-state index is -0.0740. The van der Waals surface area contributed by atoms with Gasteiger partial charge in [-0.2, -0.15) is 0 Å². The standard InChI is InChI=1S/C27H41N3O3/c1-21(2)29-16-11-22(12-17-29)26(32)30-15-8-14-27(20-30)13-6-3-7-18-33-24-10-5-4-9-23(24)25(31)28-19-27/h4-5,9-10,21-22H,3,6-8,11-20H2,1-2H3,(H,28,31). The van der Waals surface area contributed by atoms with Crippen molar-refractivity contribution in [3.05, 3.63) is 29.8 Å². The zero-order valence-corrected chi connectivity index (χ0v) is 20.5. The van der Waals surface area contributed by atoms with Gasteiger partial charge in [-0.25, -0.2) is 0 Å². The number of hydrogen-bond acceptors (Lipinski definition) is 4. The molecule has 2 fully saturated rings. The van der Waals surface area contributed by atoms with Crippen molar-refractivity contribution in [3.63, 3.8) is 0 Å². The smallest absolute Gasteiger partial charge is 0.255 e. The van der Waals surface area contributed by atoms with Crippen LogP contribution in [0.15, 0.2) is 24.3 Å². The van der Waals surface area contributed by atoms with E-state index in [0.29, 0.717) is 36.4 Å². The monoisotopic (exact) mass is 455 g/mol. The van der Waals surface area contributed by atoms with E-state index in [1.165, 1.54) is 0 Å². The molecule has 0 aromatic heterocycles. The highest BCUT2D eigenvalue weighted by Gasteiger charge is 2.39. The van der Waals surface area contributed by atoms with Gasteiger partial charge in [-0.15, -0.1) is 0 Å². The third-order valence-electron chi connectivity index (χ3n) is 7.95. The lowest BCUT2D eigenvalue weighted by atomic mass is 9.75. The number of nitrogens with zero attached hydrogens (tertiary/aromatic N) is 2. The molecule has 182 valence electrons. The Morgan fingerprint density at radius 2 is 1.82 bits per heavy atom. The van der Waals surface area contributed by atoms with Crippen LogP contribution in [0, 0.1) is 11.3 Å². The number of hydrogen-bond donors (Lipinski definition) is 1. The summed E-state index contributed by atoms with van der Waals surface area (Å²) in [5.74, 6) is 1.08. The lowest BCUT2D eigenvalue weighted by molar-refractivity contribution is -0.141. The Hall–Kier alpha value is -2.08. The molecule has 0 radical (unpaired) electrons. The fourth-order valence-corrected chi connectivity index (χ4v) is 5.86. The lowest BCUT2D eigenvalue weighted by Gasteiger charge is -2.45. The van der Waals surface area contributed by atoms with Crippen LogP contribution in [0.5, 0.6) is 5.75 Å². The van der Waals surface area contributed by atoms with E-state index in [1.54, 1.807) is 0 Å². The minimum absolute atomic E-state index is 0.0306. The van der Waals surface area contributed by atoms with Gasteiger partial charge in [0.05, 0.1) is 12.2 Å². The molecule has 1 aromatic carbocycles. The van der Waals surface area contributed by atoms with Gasteiger partial charge in [-0.1, -0.05) is 25.0 Å². The quantitative estimate of drug-likeness (QED) is 0.729. The molecule has 3 aliphatic rings. The highest BCUT2D eigenvalue weighted by molar-refractivity contribution is 5.96. The molecule has 1 unspecified atom stereocenters. The van der Waals surface area contributed by atoms with Gasteiger partial charge in [0.25, 0.3) is 5.91 Å². The van der Waals surface area contributed by atoms with Crippen LogP contribution in [0.3, 0.4) is 0 Å². The largest absolute Gasteiger partial charge is 0.493 e.